The van der Waals surface area contributed by atoms with Crippen molar-refractivity contribution in [3.8, 4) is 0 Å². The molecule has 206 valence electrons. The maximum absolute atomic E-state index is 13.9. The van der Waals surface area contributed by atoms with Gasteiger partial charge in [-0.25, -0.2) is 0 Å². The van der Waals surface area contributed by atoms with Crippen LogP contribution in [-0.4, -0.2) is 84.3 Å². The molecule has 38 heavy (non-hydrogen) atoms. The highest BCUT2D eigenvalue weighted by Gasteiger charge is 2.41. The summed E-state index contributed by atoms with van der Waals surface area (Å²) >= 11 is 0. The van der Waals surface area contributed by atoms with Crippen molar-refractivity contribution in [1.82, 2.24) is 20.0 Å². The minimum atomic E-state index is -0.652. The Morgan fingerprint density at radius 2 is 1.61 bits per heavy atom. The molecule has 0 bridgehead atoms. The van der Waals surface area contributed by atoms with E-state index in [4.69, 9.17) is 0 Å². The second kappa shape index (κ2) is 13.1. The highest BCUT2D eigenvalue weighted by molar-refractivity contribution is 5.94. The third-order valence-corrected chi connectivity index (χ3v) is 7.47. The first-order valence-electron chi connectivity index (χ1n) is 13.6. The van der Waals surface area contributed by atoms with Gasteiger partial charge in [-0.3, -0.25) is 19.3 Å². The van der Waals surface area contributed by atoms with Crippen LogP contribution in [0.3, 0.4) is 0 Å². The van der Waals surface area contributed by atoms with Gasteiger partial charge in [-0.15, -0.1) is 0 Å². The summed E-state index contributed by atoms with van der Waals surface area (Å²) in [7, 11) is 3.70. The molecule has 7 nitrogen and oxygen atoms in total. The number of nitrogens with zero attached hydrogens (tertiary/aromatic N) is 3. The molecule has 3 rings (SSSR count). The Bertz CT molecular complexity index is 1070. The van der Waals surface area contributed by atoms with Crippen molar-refractivity contribution >= 4 is 17.7 Å². The first kappa shape index (κ1) is 29.4. The third-order valence-electron chi connectivity index (χ3n) is 7.47. The van der Waals surface area contributed by atoms with Crippen molar-refractivity contribution in [3.05, 3.63) is 71.8 Å². The first-order valence-corrected chi connectivity index (χ1v) is 13.6. The van der Waals surface area contributed by atoms with Gasteiger partial charge in [0, 0.05) is 31.2 Å². The van der Waals surface area contributed by atoms with Gasteiger partial charge in [0.2, 0.25) is 11.8 Å². The predicted molar refractivity (Wildman–Crippen MR) is 152 cm³/mol. The van der Waals surface area contributed by atoms with Gasteiger partial charge in [-0.05, 0) is 63.4 Å². The lowest BCUT2D eigenvalue weighted by Gasteiger charge is -2.38. The number of benzene rings is 2. The average molecular weight is 521 g/mol. The van der Waals surface area contributed by atoms with E-state index in [-0.39, 0.29) is 29.8 Å². The van der Waals surface area contributed by atoms with E-state index in [2.05, 4.69) is 17.4 Å². The number of carbonyl (C=O) groups is 3. The fraction of sp³-hybridized carbons (Fsp3) is 0.516. The zero-order valence-corrected chi connectivity index (χ0v) is 23.8. The molecule has 1 aliphatic heterocycles. The standard InChI is InChI=1S/C31H44N4O3/c1-23(33(5)6)28(36)32-27(31(2,3)4)30(38)35-20-13-18-26(35)22-34(21-19-24-14-9-7-10-15-24)29(37)25-16-11-8-12-17-25/h7-12,14-17,23,26-27H,13,18-22H2,1-6H3,(H,32,36)/t23-,26-,27+/m0/s1. The Morgan fingerprint density at radius 3 is 2.18 bits per heavy atom. The molecule has 3 amide bonds. The van der Waals surface area contributed by atoms with Crippen molar-refractivity contribution in [2.45, 2.75) is 65.1 Å². The van der Waals surface area contributed by atoms with E-state index in [1.807, 2.05) is 105 Å². The molecular weight excluding hydrogens is 476 g/mol. The summed E-state index contributed by atoms with van der Waals surface area (Å²) in [6.45, 7) is 9.42. The van der Waals surface area contributed by atoms with Gasteiger partial charge in [0.1, 0.15) is 6.04 Å². The molecule has 1 fully saturated rings. The molecule has 2 aromatic rings. The minimum absolute atomic E-state index is 0.0266. The molecule has 0 saturated carbocycles. The molecule has 1 aliphatic rings. The van der Waals surface area contributed by atoms with Gasteiger partial charge in [0.05, 0.1) is 6.04 Å². The molecule has 2 aromatic carbocycles. The minimum Gasteiger partial charge on any atom is -0.342 e. The zero-order valence-electron chi connectivity index (χ0n) is 23.8. The topological polar surface area (TPSA) is 73.0 Å². The van der Waals surface area contributed by atoms with Crippen LogP contribution in [0.2, 0.25) is 0 Å². The molecule has 0 radical (unpaired) electrons. The van der Waals surface area contributed by atoms with Crippen LogP contribution in [0.25, 0.3) is 0 Å². The van der Waals surface area contributed by atoms with Crippen LogP contribution in [0.1, 0.15) is 56.5 Å². The molecular formula is C31H44N4O3. The van der Waals surface area contributed by atoms with Gasteiger partial charge in [-0.2, -0.15) is 0 Å². The van der Waals surface area contributed by atoms with Gasteiger partial charge in [0.15, 0.2) is 0 Å². The van der Waals surface area contributed by atoms with Crippen molar-refractivity contribution in [2.24, 2.45) is 5.41 Å². The van der Waals surface area contributed by atoms with Crippen LogP contribution < -0.4 is 5.32 Å². The van der Waals surface area contributed by atoms with Gasteiger partial charge < -0.3 is 15.1 Å². The number of amides is 3. The molecule has 0 aromatic heterocycles. The normalized spacial score (nSPS) is 17.2. The highest BCUT2D eigenvalue weighted by Crippen LogP contribution is 2.27. The number of carbonyl (C=O) groups excluding carboxylic acids is 3. The van der Waals surface area contributed by atoms with E-state index in [1.165, 1.54) is 5.56 Å². The van der Waals surface area contributed by atoms with Crippen molar-refractivity contribution in [1.29, 1.82) is 0 Å². The van der Waals surface area contributed by atoms with Crippen molar-refractivity contribution < 1.29 is 14.4 Å². The van der Waals surface area contributed by atoms with E-state index in [9.17, 15) is 14.4 Å². The van der Waals surface area contributed by atoms with Crippen molar-refractivity contribution in [3.63, 3.8) is 0 Å². The summed E-state index contributed by atoms with van der Waals surface area (Å²) in [6.07, 6.45) is 2.44. The summed E-state index contributed by atoms with van der Waals surface area (Å²) in [4.78, 5) is 46.0. The second-order valence-corrected chi connectivity index (χ2v) is 11.6. The Morgan fingerprint density at radius 1 is 1.00 bits per heavy atom. The van der Waals surface area contributed by atoms with Crippen LogP contribution in [0.5, 0.6) is 0 Å². The predicted octanol–water partition coefficient (Wildman–Crippen LogP) is 3.84. The average Bonchev–Trinajstić information content (AvgIpc) is 3.36. The largest absolute Gasteiger partial charge is 0.342 e. The van der Waals surface area contributed by atoms with Gasteiger partial charge in [-0.1, -0.05) is 69.3 Å². The SMILES string of the molecule is C[C@@H](C(=O)N[C@H](C(=O)N1CCC[C@H]1CN(CCc1ccccc1)C(=O)c1ccccc1)C(C)(C)C)N(C)C. The molecule has 1 heterocycles. The van der Waals surface area contributed by atoms with Gasteiger partial charge >= 0.3 is 0 Å². The third kappa shape index (κ3) is 7.67. The highest BCUT2D eigenvalue weighted by atomic mass is 16.2. The fourth-order valence-corrected chi connectivity index (χ4v) is 4.83. The first-order chi connectivity index (χ1) is 18.0. The lowest BCUT2D eigenvalue weighted by atomic mass is 9.85. The molecule has 3 atom stereocenters. The van der Waals surface area contributed by atoms with E-state index < -0.39 is 11.5 Å². The van der Waals surface area contributed by atoms with Gasteiger partial charge in [0.25, 0.3) is 5.91 Å². The molecule has 0 unspecified atom stereocenters. The summed E-state index contributed by atoms with van der Waals surface area (Å²) in [5, 5.41) is 3.03. The summed E-state index contributed by atoms with van der Waals surface area (Å²) in [5.41, 5.74) is 1.36. The molecule has 1 N–H and O–H groups in total. The number of hydrogen-bond donors (Lipinski definition) is 1. The summed E-state index contributed by atoms with van der Waals surface area (Å²) in [6, 6.07) is 18.4. The van der Waals surface area contributed by atoms with Crippen LogP contribution in [-0.2, 0) is 16.0 Å². The van der Waals surface area contributed by atoms with Crippen molar-refractivity contribution in [2.75, 3.05) is 33.7 Å². The maximum atomic E-state index is 13.9. The fourth-order valence-electron chi connectivity index (χ4n) is 4.83. The maximum Gasteiger partial charge on any atom is 0.253 e. The molecule has 1 saturated heterocycles. The monoisotopic (exact) mass is 520 g/mol. The van der Waals surface area contributed by atoms with E-state index in [1.54, 1.807) is 0 Å². The van der Waals surface area contributed by atoms with E-state index in [0.29, 0.717) is 25.2 Å². The van der Waals surface area contributed by atoms with Crippen LogP contribution >= 0.6 is 0 Å². The Kier molecular flexibility index (Phi) is 10.1. The second-order valence-electron chi connectivity index (χ2n) is 11.6. The number of likely N-dealkylation sites (tertiary alicyclic amines) is 1. The van der Waals surface area contributed by atoms with Crippen LogP contribution in [0.15, 0.2) is 60.7 Å². The molecule has 7 heteroatoms. The number of likely N-dealkylation sites (N-methyl/N-ethyl adjacent to an activating group) is 1. The zero-order chi connectivity index (χ0) is 27.9. The summed E-state index contributed by atoms with van der Waals surface area (Å²) in [5.74, 6) is -0.265. The Labute approximate surface area is 228 Å². The number of hydrogen-bond acceptors (Lipinski definition) is 4. The molecule has 0 spiro atoms. The molecule has 0 aliphatic carbocycles. The smallest absolute Gasteiger partial charge is 0.253 e. The lowest BCUT2D eigenvalue weighted by Crippen LogP contribution is -2.59. The summed E-state index contributed by atoms with van der Waals surface area (Å²) < 4.78 is 0. The van der Waals surface area contributed by atoms with Crippen LogP contribution in [0.4, 0.5) is 0 Å². The quantitative estimate of drug-likeness (QED) is 0.517. The van der Waals surface area contributed by atoms with Crippen LogP contribution in [0, 0.1) is 5.41 Å². The lowest BCUT2D eigenvalue weighted by molar-refractivity contribution is -0.141. The Balaban J connectivity index is 1.80. The van der Waals surface area contributed by atoms with E-state index >= 15 is 0 Å². The number of nitrogens with one attached hydrogen (secondary N) is 1. The Hall–Kier alpha value is -3.19. The van der Waals surface area contributed by atoms with E-state index in [0.717, 1.165) is 19.3 Å². The number of rotatable bonds is 10.